The van der Waals surface area contributed by atoms with Crippen LogP contribution in [0.4, 0.5) is 0 Å². The zero-order chi connectivity index (χ0) is 9.23. The average molecular weight is 205 g/mol. The number of hydrogen-bond donors (Lipinski definition) is 0. The van der Waals surface area contributed by atoms with Gasteiger partial charge in [-0.05, 0) is 12.1 Å². The Labute approximate surface area is 80.5 Å². The summed E-state index contributed by atoms with van der Waals surface area (Å²) in [4.78, 5) is 0. The summed E-state index contributed by atoms with van der Waals surface area (Å²) in [6, 6.07) is 9.44. The fraction of sp³-hybridized carbons (Fsp3) is 0.250. The summed E-state index contributed by atoms with van der Waals surface area (Å²) in [5.74, 6) is 0. The van der Waals surface area contributed by atoms with Crippen LogP contribution in [0.2, 0.25) is 5.02 Å². The van der Waals surface area contributed by atoms with Crippen LogP contribution in [-0.2, 0) is 8.85 Å². The average Bonchev–Trinajstić information content (AvgIpc) is 2.08. The van der Waals surface area contributed by atoms with Crippen molar-refractivity contribution in [3.05, 3.63) is 35.4 Å². The Hall–Kier alpha value is -0.353. The Balaban J connectivity index is 0.000000217. The third-order valence-corrected chi connectivity index (χ3v) is 1.69. The lowest BCUT2D eigenvalue weighted by Crippen LogP contribution is -1.93. The van der Waals surface area contributed by atoms with Gasteiger partial charge >= 0.3 is 10.0 Å². The maximum atomic E-state index is 5.54. The van der Waals surface area contributed by atoms with Gasteiger partial charge in [0.2, 0.25) is 0 Å². The summed E-state index contributed by atoms with van der Waals surface area (Å²) < 4.78 is 9.22. The lowest BCUT2D eigenvalue weighted by molar-refractivity contribution is 0.309. The van der Waals surface area contributed by atoms with Crippen LogP contribution in [-0.4, -0.2) is 24.2 Å². The van der Waals surface area contributed by atoms with Crippen LogP contribution in [0.1, 0.15) is 0 Å². The standard InChI is InChI=1S/C6H5Cl.C2H8O2Si/c7-6-4-2-1-3-5-6;1-3-5-4-2/h1-5H;5H2,1-2H3. The largest absolute Gasteiger partial charge is 0.402 e. The van der Waals surface area contributed by atoms with Gasteiger partial charge in [-0.1, -0.05) is 29.8 Å². The molecule has 0 fully saturated rings. The van der Waals surface area contributed by atoms with Crippen LogP contribution in [0.5, 0.6) is 0 Å². The van der Waals surface area contributed by atoms with Crippen LogP contribution in [0.3, 0.4) is 0 Å². The molecule has 1 aromatic rings. The van der Waals surface area contributed by atoms with Crippen molar-refractivity contribution in [3.63, 3.8) is 0 Å². The molecule has 0 atom stereocenters. The quantitative estimate of drug-likeness (QED) is 0.682. The minimum absolute atomic E-state index is 0.568. The summed E-state index contributed by atoms with van der Waals surface area (Å²) in [7, 11) is 2.73. The van der Waals surface area contributed by atoms with Gasteiger partial charge in [0.05, 0.1) is 0 Å². The van der Waals surface area contributed by atoms with Crippen LogP contribution in [0, 0.1) is 0 Å². The molecule has 2 nitrogen and oxygen atoms in total. The van der Waals surface area contributed by atoms with Gasteiger partial charge in [0, 0.05) is 19.2 Å². The fourth-order valence-corrected chi connectivity index (χ4v) is 0.914. The molecule has 0 aliphatic heterocycles. The zero-order valence-corrected chi connectivity index (χ0v) is 9.46. The van der Waals surface area contributed by atoms with E-state index in [2.05, 4.69) is 8.85 Å². The molecule has 0 radical (unpaired) electrons. The minimum atomic E-state index is -0.568. The smallest absolute Gasteiger partial charge is 0.303 e. The first-order chi connectivity index (χ1) is 5.81. The van der Waals surface area contributed by atoms with Crippen molar-refractivity contribution < 1.29 is 8.85 Å². The summed E-state index contributed by atoms with van der Waals surface area (Å²) >= 11 is 5.54. The van der Waals surface area contributed by atoms with Gasteiger partial charge in [0.25, 0.3) is 0 Å². The molecule has 0 spiro atoms. The van der Waals surface area contributed by atoms with Gasteiger partial charge in [-0.2, -0.15) is 0 Å². The number of hydrogen-bond acceptors (Lipinski definition) is 2. The molecule has 0 N–H and O–H groups in total. The SMILES string of the molecule is CO[SiH2]OC.Clc1ccccc1. The summed E-state index contributed by atoms with van der Waals surface area (Å²) in [6.07, 6.45) is 0. The molecule has 68 valence electrons. The van der Waals surface area contributed by atoms with Gasteiger partial charge in [0.1, 0.15) is 0 Å². The Morgan fingerprint density at radius 1 is 1.08 bits per heavy atom. The van der Waals surface area contributed by atoms with Gasteiger partial charge in [-0.15, -0.1) is 0 Å². The molecule has 0 amide bonds. The van der Waals surface area contributed by atoms with Crippen molar-refractivity contribution in [2.45, 2.75) is 0 Å². The Morgan fingerprint density at radius 2 is 1.58 bits per heavy atom. The Bertz CT molecular complexity index is 180. The molecule has 0 unspecified atom stereocenters. The minimum Gasteiger partial charge on any atom is -0.402 e. The molecule has 0 bridgehead atoms. The fourth-order valence-electron chi connectivity index (χ4n) is 0.533. The monoisotopic (exact) mass is 204 g/mol. The van der Waals surface area contributed by atoms with Crippen LogP contribution < -0.4 is 0 Å². The van der Waals surface area contributed by atoms with E-state index >= 15 is 0 Å². The van der Waals surface area contributed by atoms with Crippen molar-refractivity contribution in [2.24, 2.45) is 0 Å². The third kappa shape index (κ3) is 7.75. The second-order valence-corrected chi connectivity index (χ2v) is 3.82. The molecule has 1 rings (SSSR count). The highest BCUT2D eigenvalue weighted by Gasteiger charge is 1.74. The van der Waals surface area contributed by atoms with Crippen molar-refractivity contribution in [3.8, 4) is 0 Å². The number of rotatable bonds is 2. The predicted molar refractivity (Wildman–Crippen MR) is 54.0 cm³/mol. The second kappa shape index (κ2) is 8.74. The Kier molecular flexibility index (Phi) is 8.48. The molecule has 0 saturated heterocycles. The van der Waals surface area contributed by atoms with Gasteiger partial charge < -0.3 is 8.85 Å². The molecule has 1 aromatic carbocycles. The van der Waals surface area contributed by atoms with E-state index in [-0.39, 0.29) is 0 Å². The lowest BCUT2D eigenvalue weighted by atomic mass is 10.4. The van der Waals surface area contributed by atoms with Gasteiger partial charge in [0.15, 0.2) is 0 Å². The number of halogens is 1. The van der Waals surface area contributed by atoms with E-state index < -0.39 is 10.0 Å². The first-order valence-corrected chi connectivity index (χ1v) is 5.03. The molecule has 0 aliphatic carbocycles. The van der Waals surface area contributed by atoms with E-state index in [1.54, 1.807) is 14.2 Å². The van der Waals surface area contributed by atoms with E-state index in [1.807, 2.05) is 30.3 Å². The van der Waals surface area contributed by atoms with E-state index in [1.165, 1.54) is 0 Å². The van der Waals surface area contributed by atoms with Crippen molar-refractivity contribution in [2.75, 3.05) is 14.2 Å². The third-order valence-electron chi connectivity index (χ3n) is 0.969. The van der Waals surface area contributed by atoms with E-state index in [4.69, 9.17) is 11.6 Å². The van der Waals surface area contributed by atoms with E-state index in [0.29, 0.717) is 0 Å². The topological polar surface area (TPSA) is 18.5 Å². The van der Waals surface area contributed by atoms with E-state index in [0.717, 1.165) is 5.02 Å². The highest BCUT2D eigenvalue weighted by Crippen LogP contribution is 2.03. The molecular formula is C8H13ClO2Si. The molecule has 0 aliphatic rings. The molecular weight excluding hydrogens is 192 g/mol. The van der Waals surface area contributed by atoms with Crippen molar-refractivity contribution in [1.29, 1.82) is 0 Å². The zero-order valence-electron chi connectivity index (χ0n) is 7.29. The Morgan fingerprint density at radius 3 is 1.75 bits per heavy atom. The highest BCUT2D eigenvalue weighted by molar-refractivity contribution is 6.30. The van der Waals surface area contributed by atoms with Gasteiger partial charge in [-0.25, -0.2) is 0 Å². The molecule has 0 heterocycles. The van der Waals surface area contributed by atoms with E-state index in [9.17, 15) is 0 Å². The summed E-state index contributed by atoms with van der Waals surface area (Å²) in [5, 5.41) is 0.794. The van der Waals surface area contributed by atoms with Gasteiger partial charge in [-0.3, -0.25) is 0 Å². The normalized spacial score (nSPS) is 8.58. The maximum Gasteiger partial charge on any atom is 0.303 e. The summed E-state index contributed by atoms with van der Waals surface area (Å²) in [5.41, 5.74) is 0. The highest BCUT2D eigenvalue weighted by atomic mass is 35.5. The molecule has 0 saturated carbocycles. The molecule has 12 heavy (non-hydrogen) atoms. The van der Waals surface area contributed by atoms with Crippen molar-refractivity contribution in [1.82, 2.24) is 0 Å². The lowest BCUT2D eigenvalue weighted by Gasteiger charge is -1.86. The van der Waals surface area contributed by atoms with Crippen LogP contribution >= 0.6 is 11.6 Å². The number of benzene rings is 1. The molecule has 4 heteroatoms. The second-order valence-electron chi connectivity index (χ2n) is 1.99. The maximum absolute atomic E-state index is 5.54. The first-order valence-electron chi connectivity index (χ1n) is 3.49. The first kappa shape index (κ1) is 11.6. The predicted octanol–water partition coefficient (Wildman–Crippen LogP) is 1.62. The van der Waals surface area contributed by atoms with Crippen LogP contribution in [0.15, 0.2) is 30.3 Å². The van der Waals surface area contributed by atoms with Crippen LogP contribution in [0.25, 0.3) is 0 Å². The summed E-state index contributed by atoms with van der Waals surface area (Å²) in [6.45, 7) is 0. The van der Waals surface area contributed by atoms with Crippen molar-refractivity contribution >= 4 is 21.6 Å². The molecule has 0 aromatic heterocycles.